The molecule has 1 amide bonds. The van der Waals surface area contributed by atoms with Crippen molar-refractivity contribution in [2.75, 3.05) is 24.6 Å². The predicted octanol–water partition coefficient (Wildman–Crippen LogP) is 2.42. The van der Waals surface area contributed by atoms with Crippen LogP contribution in [0.5, 0.6) is 0 Å². The van der Waals surface area contributed by atoms with E-state index in [9.17, 15) is 4.79 Å². The van der Waals surface area contributed by atoms with E-state index in [-0.39, 0.29) is 12.0 Å². The summed E-state index contributed by atoms with van der Waals surface area (Å²) in [5, 5.41) is 0. The van der Waals surface area contributed by atoms with E-state index in [2.05, 4.69) is 6.07 Å². The van der Waals surface area contributed by atoms with Gasteiger partial charge in [0.15, 0.2) is 0 Å². The predicted molar refractivity (Wildman–Crippen MR) is 83.4 cm³/mol. The number of rotatable bonds is 4. The number of ether oxygens (including phenoxy) is 1. The molecule has 0 spiro atoms. The monoisotopic (exact) mass is 288 g/mol. The molecular formula is C17H24N2O2. The van der Waals surface area contributed by atoms with Gasteiger partial charge in [0.1, 0.15) is 0 Å². The van der Waals surface area contributed by atoms with Crippen LogP contribution in [0, 0.1) is 0 Å². The summed E-state index contributed by atoms with van der Waals surface area (Å²) in [7, 11) is 0. The fourth-order valence-corrected chi connectivity index (χ4v) is 3.45. The van der Waals surface area contributed by atoms with Crippen LogP contribution in [-0.2, 0) is 9.53 Å². The third-order valence-corrected chi connectivity index (χ3v) is 4.56. The summed E-state index contributed by atoms with van der Waals surface area (Å²) in [6.45, 7) is 2.22. The number of benzene rings is 1. The highest BCUT2D eigenvalue weighted by Gasteiger charge is 2.32. The van der Waals surface area contributed by atoms with Crippen LogP contribution in [0.25, 0.3) is 0 Å². The van der Waals surface area contributed by atoms with Crippen LogP contribution in [0.1, 0.15) is 43.6 Å². The van der Waals surface area contributed by atoms with Crippen LogP contribution in [0.2, 0.25) is 0 Å². The zero-order valence-corrected chi connectivity index (χ0v) is 12.5. The van der Waals surface area contributed by atoms with Crippen LogP contribution in [-0.4, -0.2) is 31.7 Å². The molecule has 1 aromatic rings. The third-order valence-electron chi connectivity index (χ3n) is 4.56. The first kappa shape index (κ1) is 14.5. The van der Waals surface area contributed by atoms with Gasteiger partial charge in [0.25, 0.3) is 0 Å². The van der Waals surface area contributed by atoms with Gasteiger partial charge in [-0.2, -0.15) is 0 Å². The average molecular weight is 288 g/mol. The van der Waals surface area contributed by atoms with Crippen molar-refractivity contribution in [3.63, 3.8) is 0 Å². The van der Waals surface area contributed by atoms with Gasteiger partial charge in [-0.1, -0.05) is 18.2 Å². The average Bonchev–Trinajstić information content (AvgIpc) is 2.88. The van der Waals surface area contributed by atoms with E-state index in [0.29, 0.717) is 18.9 Å². The molecule has 4 nitrogen and oxygen atoms in total. The maximum atomic E-state index is 12.6. The highest BCUT2D eigenvalue weighted by molar-refractivity contribution is 5.96. The summed E-state index contributed by atoms with van der Waals surface area (Å²) in [5.74, 6) is 0.566. The first-order chi connectivity index (χ1) is 10.3. The molecule has 2 unspecified atom stereocenters. The fraction of sp³-hybridized carbons (Fsp3) is 0.588. The van der Waals surface area contributed by atoms with Crippen molar-refractivity contribution in [3.8, 4) is 0 Å². The first-order valence-electron chi connectivity index (χ1n) is 8.00. The molecule has 0 aliphatic carbocycles. The van der Waals surface area contributed by atoms with Crippen molar-refractivity contribution in [1.82, 2.24) is 0 Å². The van der Waals surface area contributed by atoms with Gasteiger partial charge in [-0.15, -0.1) is 0 Å². The maximum absolute atomic E-state index is 12.6. The van der Waals surface area contributed by atoms with E-state index in [1.165, 1.54) is 12.0 Å². The van der Waals surface area contributed by atoms with E-state index in [4.69, 9.17) is 10.5 Å². The van der Waals surface area contributed by atoms with Crippen LogP contribution in [0.15, 0.2) is 24.3 Å². The normalized spacial score (nSPS) is 24.9. The van der Waals surface area contributed by atoms with Crippen molar-refractivity contribution in [3.05, 3.63) is 29.8 Å². The van der Waals surface area contributed by atoms with Crippen molar-refractivity contribution < 1.29 is 9.53 Å². The topological polar surface area (TPSA) is 55.6 Å². The Morgan fingerprint density at radius 2 is 2.19 bits per heavy atom. The van der Waals surface area contributed by atoms with Crippen molar-refractivity contribution >= 4 is 11.6 Å². The van der Waals surface area contributed by atoms with Gasteiger partial charge < -0.3 is 15.4 Å². The number of carbonyl (C=O) groups excluding carboxylic acids is 1. The molecule has 1 aromatic carbocycles. The number of nitrogens with zero attached hydrogens (tertiary/aromatic N) is 1. The largest absolute Gasteiger partial charge is 0.378 e. The molecule has 4 heteroatoms. The fourth-order valence-electron chi connectivity index (χ4n) is 3.45. The van der Waals surface area contributed by atoms with Gasteiger partial charge >= 0.3 is 0 Å². The molecule has 1 saturated heterocycles. The third kappa shape index (κ3) is 3.11. The Balaban J connectivity index is 1.71. The van der Waals surface area contributed by atoms with Gasteiger partial charge in [0, 0.05) is 24.8 Å². The molecule has 2 atom stereocenters. The summed E-state index contributed by atoms with van der Waals surface area (Å²) in [6, 6.07) is 8.22. The zero-order valence-electron chi connectivity index (χ0n) is 12.5. The Morgan fingerprint density at radius 1 is 1.33 bits per heavy atom. The molecule has 1 fully saturated rings. The number of fused-ring (bicyclic) bond motifs is 1. The molecule has 0 aromatic heterocycles. The second-order valence-electron chi connectivity index (χ2n) is 6.03. The van der Waals surface area contributed by atoms with Gasteiger partial charge in [-0.05, 0) is 43.9 Å². The number of hydrogen-bond acceptors (Lipinski definition) is 3. The van der Waals surface area contributed by atoms with Crippen molar-refractivity contribution in [1.29, 1.82) is 0 Å². The molecule has 2 heterocycles. The van der Waals surface area contributed by atoms with E-state index in [1.54, 1.807) is 0 Å². The molecule has 2 aliphatic rings. The Morgan fingerprint density at radius 3 is 2.95 bits per heavy atom. The second-order valence-corrected chi connectivity index (χ2v) is 6.03. The molecule has 2 aliphatic heterocycles. The Kier molecular flexibility index (Phi) is 4.56. The number of anilines is 1. The minimum Gasteiger partial charge on any atom is -0.378 e. The van der Waals surface area contributed by atoms with Crippen LogP contribution in [0.4, 0.5) is 5.69 Å². The summed E-state index contributed by atoms with van der Waals surface area (Å²) in [5.41, 5.74) is 8.04. The lowest BCUT2D eigenvalue weighted by Crippen LogP contribution is -2.34. The summed E-state index contributed by atoms with van der Waals surface area (Å²) in [4.78, 5) is 14.6. The molecular weight excluding hydrogens is 264 g/mol. The van der Waals surface area contributed by atoms with E-state index < -0.39 is 0 Å². The molecule has 114 valence electrons. The number of amides is 1. The van der Waals surface area contributed by atoms with Gasteiger partial charge in [0.2, 0.25) is 5.91 Å². The lowest BCUT2D eigenvalue weighted by atomic mass is 9.98. The molecule has 0 bridgehead atoms. The molecule has 0 saturated carbocycles. The molecule has 2 N–H and O–H groups in total. The van der Waals surface area contributed by atoms with Crippen molar-refractivity contribution in [2.24, 2.45) is 5.73 Å². The number of para-hydroxylation sites is 1. The summed E-state index contributed by atoms with van der Waals surface area (Å²) < 4.78 is 5.70. The highest BCUT2D eigenvalue weighted by Crippen LogP contribution is 2.38. The highest BCUT2D eigenvalue weighted by atomic mass is 16.5. The van der Waals surface area contributed by atoms with E-state index >= 15 is 0 Å². The minimum absolute atomic E-state index is 0.104. The Labute approximate surface area is 126 Å². The summed E-state index contributed by atoms with van der Waals surface area (Å²) in [6.07, 6.45) is 4.84. The van der Waals surface area contributed by atoms with E-state index in [0.717, 1.165) is 38.1 Å². The smallest absolute Gasteiger partial charge is 0.229 e. The Hall–Kier alpha value is -1.39. The number of carbonyl (C=O) groups is 1. The van der Waals surface area contributed by atoms with Crippen LogP contribution < -0.4 is 10.6 Å². The lowest BCUT2D eigenvalue weighted by molar-refractivity contribution is -0.122. The first-order valence-corrected chi connectivity index (χ1v) is 8.00. The van der Waals surface area contributed by atoms with Crippen molar-refractivity contribution in [2.45, 2.75) is 44.1 Å². The quantitative estimate of drug-likeness (QED) is 0.925. The van der Waals surface area contributed by atoms with Gasteiger partial charge in [0.05, 0.1) is 12.5 Å². The number of hydrogen-bond donors (Lipinski definition) is 1. The second kappa shape index (κ2) is 6.58. The minimum atomic E-state index is 0.104. The maximum Gasteiger partial charge on any atom is 0.229 e. The van der Waals surface area contributed by atoms with Crippen LogP contribution in [0.3, 0.4) is 0 Å². The van der Waals surface area contributed by atoms with E-state index in [1.807, 2.05) is 23.1 Å². The lowest BCUT2D eigenvalue weighted by Gasteiger charge is -2.25. The zero-order chi connectivity index (χ0) is 14.7. The SMILES string of the molecule is NCCC1CN(C(=O)CC2CCCCO2)c2ccccc21. The molecule has 0 radical (unpaired) electrons. The summed E-state index contributed by atoms with van der Waals surface area (Å²) >= 11 is 0. The van der Waals surface area contributed by atoms with Crippen LogP contribution >= 0.6 is 0 Å². The van der Waals surface area contributed by atoms with Gasteiger partial charge in [-0.25, -0.2) is 0 Å². The molecule has 21 heavy (non-hydrogen) atoms. The molecule has 3 rings (SSSR count). The van der Waals surface area contributed by atoms with Gasteiger partial charge in [-0.3, -0.25) is 4.79 Å². The standard InChI is InChI=1S/C17H24N2O2/c18-9-8-13-12-19(16-7-2-1-6-15(13)16)17(20)11-14-5-3-4-10-21-14/h1-2,6-7,13-14H,3-5,8-12,18H2. The number of nitrogens with two attached hydrogens (primary N) is 1. The Bertz CT molecular complexity index is 497.